The van der Waals surface area contributed by atoms with E-state index in [4.69, 9.17) is 9.47 Å². The van der Waals surface area contributed by atoms with Gasteiger partial charge in [-0.1, -0.05) is 57.6 Å². The van der Waals surface area contributed by atoms with Gasteiger partial charge in [-0.15, -0.1) is 0 Å². The van der Waals surface area contributed by atoms with E-state index in [1.54, 1.807) is 7.11 Å². The zero-order valence-electron chi connectivity index (χ0n) is 17.6. The smallest absolute Gasteiger partial charge is 0.305 e. The molecular formula is C23H37NO4. The van der Waals surface area contributed by atoms with Crippen LogP contribution in [0.2, 0.25) is 0 Å². The maximum atomic E-state index is 11.8. The molecule has 0 bridgehead atoms. The van der Waals surface area contributed by atoms with Gasteiger partial charge < -0.3 is 14.8 Å². The fourth-order valence-electron chi connectivity index (χ4n) is 2.94. The van der Waals surface area contributed by atoms with Crippen LogP contribution in [0.4, 0.5) is 0 Å². The van der Waals surface area contributed by atoms with E-state index < -0.39 is 0 Å². The molecule has 0 atom stereocenters. The molecule has 0 spiro atoms. The van der Waals surface area contributed by atoms with Crippen LogP contribution in [0.1, 0.15) is 76.7 Å². The van der Waals surface area contributed by atoms with Crippen LogP contribution in [-0.2, 0) is 20.7 Å². The monoisotopic (exact) mass is 391 g/mol. The van der Waals surface area contributed by atoms with Crippen LogP contribution >= 0.6 is 0 Å². The first kappa shape index (κ1) is 24.0. The summed E-state index contributed by atoms with van der Waals surface area (Å²) >= 11 is 0. The molecule has 1 aromatic rings. The first-order valence-corrected chi connectivity index (χ1v) is 10.7. The molecule has 0 aromatic heterocycles. The second-order valence-corrected chi connectivity index (χ2v) is 7.14. The van der Waals surface area contributed by atoms with Gasteiger partial charge in [0, 0.05) is 19.4 Å². The first-order valence-electron chi connectivity index (χ1n) is 10.7. The van der Waals surface area contributed by atoms with E-state index in [0.717, 1.165) is 30.6 Å². The highest BCUT2D eigenvalue weighted by Crippen LogP contribution is 2.11. The van der Waals surface area contributed by atoms with Crippen molar-refractivity contribution >= 4 is 11.9 Å². The fraction of sp³-hybridized carbons (Fsp3) is 0.652. The SMILES string of the molecule is CCCCCCCCCOC(=O)CCCC(=O)NCCc1ccc(OC)cc1. The molecule has 0 heterocycles. The average molecular weight is 392 g/mol. The van der Waals surface area contributed by atoms with Gasteiger partial charge in [-0.2, -0.15) is 0 Å². The Balaban J connectivity index is 1.96. The van der Waals surface area contributed by atoms with Crippen molar-refractivity contribution in [3.63, 3.8) is 0 Å². The van der Waals surface area contributed by atoms with Gasteiger partial charge in [-0.25, -0.2) is 0 Å². The molecular weight excluding hydrogens is 354 g/mol. The lowest BCUT2D eigenvalue weighted by molar-refractivity contribution is -0.143. The minimum Gasteiger partial charge on any atom is -0.497 e. The van der Waals surface area contributed by atoms with E-state index in [1.807, 2.05) is 24.3 Å². The topological polar surface area (TPSA) is 64.6 Å². The Labute approximate surface area is 170 Å². The van der Waals surface area contributed by atoms with Gasteiger partial charge >= 0.3 is 5.97 Å². The number of carbonyl (C=O) groups is 2. The molecule has 0 aliphatic heterocycles. The lowest BCUT2D eigenvalue weighted by Crippen LogP contribution is -2.25. The molecule has 1 rings (SSSR count). The third kappa shape index (κ3) is 12.4. The van der Waals surface area contributed by atoms with E-state index in [2.05, 4.69) is 12.2 Å². The predicted octanol–water partition coefficient (Wildman–Crippen LogP) is 4.82. The quantitative estimate of drug-likeness (QED) is 0.324. The number of nitrogens with one attached hydrogen (secondary N) is 1. The molecule has 158 valence electrons. The minimum atomic E-state index is -0.197. The largest absolute Gasteiger partial charge is 0.497 e. The van der Waals surface area contributed by atoms with Gasteiger partial charge in [0.25, 0.3) is 0 Å². The highest BCUT2D eigenvalue weighted by molar-refractivity contribution is 5.77. The van der Waals surface area contributed by atoms with Crippen molar-refractivity contribution in [3.8, 4) is 5.75 Å². The summed E-state index contributed by atoms with van der Waals surface area (Å²) in [4.78, 5) is 23.5. The second-order valence-electron chi connectivity index (χ2n) is 7.14. The summed E-state index contributed by atoms with van der Waals surface area (Å²) in [5, 5.41) is 2.89. The number of rotatable bonds is 16. The Morgan fingerprint density at radius 2 is 1.57 bits per heavy atom. The lowest BCUT2D eigenvalue weighted by atomic mass is 10.1. The van der Waals surface area contributed by atoms with Crippen molar-refractivity contribution in [2.75, 3.05) is 20.3 Å². The maximum Gasteiger partial charge on any atom is 0.305 e. The van der Waals surface area contributed by atoms with Crippen molar-refractivity contribution in [1.29, 1.82) is 0 Å². The van der Waals surface area contributed by atoms with E-state index in [0.29, 0.717) is 32.4 Å². The maximum absolute atomic E-state index is 11.8. The van der Waals surface area contributed by atoms with E-state index in [-0.39, 0.29) is 11.9 Å². The highest BCUT2D eigenvalue weighted by atomic mass is 16.5. The molecule has 1 aromatic carbocycles. The zero-order valence-corrected chi connectivity index (χ0v) is 17.6. The summed E-state index contributed by atoms with van der Waals surface area (Å²) in [6, 6.07) is 7.81. The van der Waals surface area contributed by atoms with Crippen LogP contribution in [0.15, 0.2) is 24.3 Å². The molecule has 0 radical (unpaired) electrons. The number of hydrogen-bond donors (Lipinski definition) is 1. The predicted molar refractivity (Wildman–Crippen MR) is 113 cm³/mol. The Morgan fingerprint density at radius 1 is 0.893 bits per heavy atom. The standard InChI is InChI=1S/C23H37NO4/c1-3-4-5-6-7-8-9-19-28-23(26)12-10-11-22(25)24-18-17-20-13-15-21(27-2)16-14-20/h13-16H,3-12,17-19H2,1-2H3,(H,24,25). The van der Waals surface area contributed by atoms with Gasteiger partial charge in [0.05, 0.1) is 13.7 Å². The zero-order chi connectivity index (χ0) is 20.5. The summed E-state index contributed by atoms with van der Waals surface area (Å²) in [5.41, 5.74) is 1.15. The van der Waals surface area contributed by atoms with Gasteiger partial charge in [0.2, 0.25) is 5.91 Å². The summed E-state index contributed by atoms with van der Waals surface area (Å²) < 4.78 is 10.4. The molecule has 0 saturated heterocycles. The number of esters is 1. The third-order valence-electron chi connectivity index (χ3n) is 4.69. The minimum absolute atomic E-state index is 0.0200. The summed E-state index contributed by atoms with van der Waals surface area (Å²) in [5.74, 6) is 0.608. The van der Waals surface area contributed by atoms with Gasteiger partial charge in [-0.3, -0.25) is 9.59 Å². The molecule has 0 aliphatic rings. The number of unbranched alkanes of at least 4 members (excludes halogenated alkanes) is 6. The molecule has 0 aliphatic carbocycles. The molecule has 0 saturated carbocycles. The Bertz CT molecular complexity index is 542. The number of ether oxygens (including phenoxy) is 2. The van der Waals surface area contributed by atoms with Crippen molar-refractivity contribution < 1.29 is 19.1 Å². The number of benzene rings is 1. The Morgan fingerprint density at radius 3 is 2.25 bits per heavy atom. The molecule has 1 N–H and O–H groups in total. The highest BCUT2D eigenvalue weighted by Gasteiger charge is 2.06. The van der Waals surface area contributed by atoms with Gasteiger partial charge in [0.1, 0.15) is 5.75 Å². The van der Waals surface area contributed by atoms with Crippen molar-refractivity contribution in [1.82, 2.24) is 5.32 Å². The molecule has 28 heavy (non-hydrogen) atoms. The van der Waals surface area contributed by atoms with E-state index >= 15 is 0 Å². The Kier molecular flexibility index (Phi) is 13.7. The van der Waals surface area contributed by atoms with Gasteiger partial charge in [-0.05, 0) is 37.0 Å². The summed E-state index contributed by atoms with van der Waals surface area (Å²) in [6.45, 7) is 3.31. The number of hydrogen-bond acceptors (Lipinski definition) is 4. The lowest BCUT2D eigenvalue weighted by Gasteiger charge is -2.07. The fourth-order valence-corrected chi connectivity index (χ4v) is 2.94. The van der Waals surface area contributed by atoms with Gasteiger partial charge in [0.15, 0.2) is 0 Å². The number of methoxy groups -OCH3 is 1. The molecule has 5 nitrogen and oxygen atoms in total. The molecule has 0 unspecified atom stereocenters. The molecule has 0 fully saturated rings. The van der Waals surface area contributed by atoms with Crippen LogP contribution in [0.25, 0.3) is 0 Å². The summed E-state index contributed by atoms with van der Waals surface area (Å²) in [7, 11) is 1.64. The van der Waals surface area contributed by atoms with Crippen molar-refractivity contribution in [3.05, 3.63) is 29.8 Å². The number of amides is 1. The first-order chi connectivity index (χ1) is 13.7. The van der Waals surface area contributed by atoms with Crippen molar-refractivity contribution in [2.45, 2.75) is 77.6 Å². The van der Waals surface area contributed by atoms with E-state index in [9.17, 15) is 9.59 Å². The van der Waals surface area contributed by atoms with Crippen LogP contribution in [0.5, 0.6) is 5.75 Å². The second kappa shape index (κ2) is 16.0. The Hall–Kier alpha value is -2.04. The summed E-state index contributed by atoms with van der Waals surface area (Å²) in [6.07, 6.45) is 10.4. The normalized spacial score (nSPS) is 10.5. The van der Waals surface area contributed by atoms with Crippen LogP contribution in [0.3, 0.4) is 0 Å². The molecule has 5 heteroatoms. The van der Waals surface area contributed by atoms with Crippen molar-refractivity contribution in [2.24, 2.45) is 0 Å². The van der Waals surface area contributed by atoms with E-state index in [1.165, 1.54) is 32.1 Å². The average Bonchev–Trinajstić information content (AvgIpc) is 2.70. The third-order valence-corrected chi connectivity index (χ3v) is 4.69. The van der Waals surface area contributed by atoms with Crippen LogP contribution in [-0.4, -0.2) is 32.1 Å². The number of carbonyl (C=O) groups excluding carboxylic acids is 2. The molecule has 1 amide bonds. The van der Waals surface area contributed by atoms with Crippen LogP contribution in [0, 0.1) is 0 Å². The van der Waals surface area contributed by atoms with Crippen LogP contribution < -0.4 is 10.1 Å².